The SMILES string of the molecule is NC(=NCc1ccc2cncn2c1)N1CCN(c2ncccn2)CC1. The molecule has 0 aromatic carbocycles. The second-order valence-electron chi connectivity index (χ2n) is 5.96. The van der Waals surface area contributed by atoms with Gasteiger partial charge in [0.05, 0.1) is 24.6 Å². The molecule has 1 saturated heterocycles. The summed E-state index contributed by atoms with van der Waals surface area (Å²) in [4.78, 5) is 21.5. The molecule has 8 heteroatoms. The molecule has 0 aliphatic carbocycles. The molecule has 3 aromatic heterocycles. The number of nitrogens with zero attached hydrogens (tertiary/aromatic N) is 7. The van der Waals surface area contributed by atoms with Crippen LogP contribution in [0.4, 0.5) is 5.95 Å². The second-order valence-corrected chi connectivity index (χ2v) is 5.96. The van der Waals surface area contributed by atoms with Crippen molar-refractivity contribution < 1.29 is 0 Å². The van der Waals surface area contributed by atoms with Gasteiger partial charge in [0.2, 0.25) is 5.95 Å². The summed E-state index contributed by atoms with van der Waals surface area (Å²) >= 11 is 0. The largest absolute Gasteiger partial charge is 0.370 e. The van der Waals surface area contributed by atoms with Gasteiger partial charge in [-0.05, 0) is 17.7 Å². The van der Waals surface area contributed by atoms with Crippen molar-refractivity contribution >= 4 is 17.4 Å². The topological polar surface area (TPSA) is 87.9 Å². The number of nitrogens with two attached hydrogens (primary N) is 1. The van der Waals surface area contributed by atoms with Gasteiger partial charge < -0.3 is 19.9 Å². The third kappa shape index (κ3) is 3.37. The lowest BCUT2D eigenvalue weighted by Crippen LogP contribution is -2.51. The van der Waals surface area contributed by atoms with Crippen molar-refractivity contribution in [2.45, 2.75) is 6.54 Å². The van der Waals surface area contributed by atoms with Crippen LogP contribution in [0.15, 0.2) is 54.3 Å². The molecule has 8 nitrogen and oxygen atoms in total. The summed E-state index contributed by atoms with van der Waals surface area (Å²) < 4.78 is 1.99. The fraction of sp³-hybridized carbons (Fsp3) is 0.294. The van der Waals surface area contributed by atoms with E-state index < -0.39 is 0 Å². The number of fused-ring (bicyclic) bond motifs is 1. The molecular weight excluding hydrogens is 316 g/mol. The number of hydrogen-bond donors (Lipinski definition) is 1. The van der Waals surface area contributed by atoms with Gasteiger partial charge >= 0.3 is 0 Å². The molecule has 2 N–H and O–H groups in total. The van der Waals surface area contributed by atoms with E-state index in [-0.39, 0.29) is 0 Å². The van der Waals surface area contributed by atoms with E-state index in [1.807, 2.05) is 28.9 Å². The van der Waals surface area contributed by atoms with Gasteiger partial charge in [-0.15, -0.1) is 0 Å². The molecule has 1 aliphatic rings. The number of anilines is 1. The summed E-state index contributed by atoms with van der Waals surface area (Å²) in [5.74, 6) is 1.35. The number of rotatable bonds is 3. The van der Waals surface area contributed by atoms with Crippen LogP contribution in [-0.2, 0) is 6.54 Å². The maximum absolute atomic E-state index is 6.18. The van der Waals surface area contributed by atoms with Crippen LogP contribution in [0.3, 0.4) is 0 Å². The Balaban J connectivity index is 1.36. The van der Waals surface area contributed by atoms with E-state index in [9.17, 15) is 0 Å². The highest BCUT2D eigenvalue weighted by Gasteiger charge is 2.19. The van der Waals surface area contributed by atoms with Gasteiger partial charge in [-0.2, -0.15) is 0 Å². The first-order valence-electron chi connectivity index (χ1n) is 8.27. The van der Waals surface area contributed by atoms with Crippen LogP contribution in [0.25, 0.3) is 5.52 Å². The summed E-state index contributed by atoms with van der Waals surface area (Å²) in [5.41, 5.74) is 8.35. The highest BCUT2D eigenvalue weighted by atomic mass is 15.3. The van der Waals surface area contributed by atoms with Crippen molar-refractivity contribution in [1.82, 2.24) is 24.3 Å². The second kappa shape index (κ2) is 6.76. The molecule has 0 radical (unpaired) electrons. The molecule has 0 bridgehead atoms. The van der Waals surface area contributed by atoms with Crippen molar-refractivity contribution in [2.75, 3.05) is 31.1 Å². The maximum atomic E-state index is 6.18. The van der Waals surface area contributed by atoms with Crippen molar-refractivity contribution in [3.63, 3.8) is 0 Å². The lowest BCUT2D eigenvalue weighted by molar-refractivity contribution is 0.378. The van der Waals surface area contributed by atoms with E-state index >= 15 is 0 Å². The standard InChI is InChI=1S/C17H20N8/c18-16(22-10-14-2-3-15-11-19-13-25(15)12-14)23-6-8-24(9-7-23)17-20-4-1-5-21-17/h1-5,11-13H,6-10H2,(H2,18,22). The smallest absolute Gasteiger partial charge is 0.225 e. The summed E-state index contributed by atoms with van der Waals surface area (Å²) in [7, 11) is 0. The molecule has 128 valence electrons. The summed E-state index contributed by atoms with van der Waals surface area (Å²) in [6, 6.07) is 5.91. The number of hydrogen-bond acceptors (Lipinski definition) is 5. The predicted molar refractivity (Wildman–Crippen MR) is 96.3 cm³/mol. The fourth-order valence-electron chi connectivity index (χ4n) is 2.92. The normalized spacial score (nSPS) is 15.8. The van der Waals surface area contributed by atoms with Gasteiger partial charge in [0.25, 0.3) is 0 Å². The van der Waals surface area contributed by atoms with Crippen molar-refractivity contribution in [2.24, 2.45) is 10.7 Å². The number of imidazole rings is 1. The van der Waals surface area contributed by atoms with Crippen LogP contribution in [-0.4, -0.2) is 56.4 Å². The Bertz CT molecular complexity index is 864. The first kappa shape index (κ1) is 15.4. The Morgan fingerprint density at radius 2 is 1.92 bits per heavy atom. The number of aliphatic imine (C=N–C) groups is 1. The van der Waals surface area contributed by atoms with Crippen LogP contribution >= 0.6 is 0 Å². The van der Waals surface area contributed by atoms with E-state index in [4.69, 9.17) is 5.73 Å². The molecule has 3 aromatic rings. The number of aromatic nitrogens is 4. The molecule has 4 rings (SSSR count). The minimum absolute atomic E-state index is 0.558. The monoisotopic (exact) mass is 336 g/mol. The molecule has 1 aliphatic heterocycles. The van der Waals surface area contributed by atoms with Crippen molar-refractivity contribution in [1.29, 1.82) is 0 Å². The van der Waals surface area contributed by atoms with E-state index in [1.54, 1.807) is 18.7 Å². The zero-order valence-corrected chi connectivity index (χ0v) is 13.9. The van der Waals surface area contributed by atoms with E-state index in [0.717, 1.165) is 43.2 Å². The highest BCUT2D eigenvalue weighted by molar-refractivity contribution is 5.78. The van der Waals surface area contributed by atoms with Crippen molar-refractivity contribution in [3.8, 4) is 0 Å². The van der Waals surface area contributed by atoms with Crippen LogP contribution < -0.4 is 10.6 Å². The van der Waals surface area contributed by atoms with Gasteiger partial charge in [0.1, 0.15) is 0 Å². The number of pyridine rings is 1. The van der Waals surface area contributed by atoms with E-state index in [0.29, 0.717) is 12.5 Å². The predicted octanol–water partition coefficient (Wildman–Crippen LogP) is 0.761. The van der Waals surface area contributed by atoms with Gasteiger partial charge in [-0.3, -0.25) is 0 Å². The third-order valence-corrected chi connectivity index (χ3v) is 4.33. The number of guanidine groups is 1. The first-order valence-corrected chi connectivity index (χ1v) is 8.27. The molecule has 1 fully saturated rings. The van der Waals surface area contributed by atoms with Crippen LogP contribution in [0.2, 0.25) is 0 Å². The van der Waals surface area contributed by atoms with Crippen LogP contribution in [0.1, 0.15) is 5.56 Å². The lowest BCUT2D eigenvalue weighted by Gasteiger charge is -2.35. The molecule has 0 amide bonds. The maximum Gasteiger partial charge on any atom is 0.225 e. The van der Waals surface area contributed by atoms with Gasteiger partial charge in [-0.25, -0.2) is 19.9 Å². The molecular formula is C17H20N8. The Labute approximate surface area is 145 Å². The minimum Gasteiger partial charge on any atom is -0.370 e. The van der Waals surface area contributed by atoms with E-state index in [2.05, 4.69) is 35.8 Å². The number of piperazine rings is 1. The quantitative estimate of drug-likeness (QED) is 0.561. The zero-order valence-electron chi connectivity index (χ0n) is 13.9. The Kier molecular flexibility index (Phi) is 4.16. The average Bonchev–Trinajstić information content (AvgIpc) is 3.15. The first-order chi connectivity index (χ1) is 12.3. The Morgan fingerprint density at radius 3 is 2.72 bits per heavy atom. The molecule has 0 unspecified atom stereocenters. The van der Waals surface area contributed by atoms with E-state index in [1.165, 1.54) is 0 Å². The van der Waals surface area contributed by atoms with Gasteiger partial charge in [0.15, 0.2) is 5.96 Å². The molecule has 0 saturated carbocycles. The summed E-state index contributed by atoms with van der Waals surface area (Å²) in [6.45, 7) is 3.85. The van der Waals surface area contributed by atoms with Crippen molar-refractivity contribution in [3.05, 3.63) is 54.9 Å². The van der Waals surface area contributed by atoms with Gasteiger partial charge in [-0.1, -0.05) is 6.07 Å². The minimum atomic E-state index is 0.558. The zero-order chi connectivity index (χ0) is 17.1. The molecule has 4 heterocycles. The fourth-order valence-corrected chi connectivity index (χ4v) is 2.92. The Hall–Kier alpha value is -3.16. The summed E-state index contributed by atoms with van der Waals surface area (Å²) in [6.07, 6.45) is 9.18. The van der Waals surface area contributed by atoms with Gasteiger partial charge in [0, 0.05) is 44.8 Å². The molecule has 25 heavy (non-hydrogen) atoms. The van der Waals surface area contributed by atoms with Crippen LogP contribution in [0, 0.1) is 0 Å². The third-order valence-electron chi connectivity index (χ3n) is 4.33. The lowest BCUT2D eigenvalue weighted by atomic mass is 10.3. The Morgan fingerprint density at radius 1 is 1.12 bits per heavy atom. The molecule has 0 atom stereocenters. The highest BCUT2D eigenvalue weighted by Crippen LogP contribution is 2.10. The summed E-state index contributed by atoms with van der Waals surface area (Å²) in [5, 5.41) is 0. The van der Waals surface area contributed by atoms with Crippen LogP contribution in [0.5, 0.6) is 0 Å². The molecule has 0 spiro atoms. The average molecular weight is 336 g/mol.